The third-order valence-electron chi connectivity index (χ3n) is 3.57. The zero-order valence-electron chi connectivity index (χ0n) is 14.4. The lowest BCUT2D eigenvalue weighted by atomic mass is 10.0. The van der Waals surface area contributed by atoms with Crippen molar-refractivity contribution in [3.05, 3.63) is 54.1 Å². The zero-order valence-corrected chi connectivity index (χ0v) is 14.4. The minimum absolute atomic E-state index is 0.0778. The minimum Gasteiger partial charge on any atom is -0.496 e. The number of guanidine groups is 1. The molecule has 140 valence electrons. The number of benzene rings is 2. The van der Waals surface area contributed by atoms with Crippen molar-refractivity contribution in [1.29, 1.82) is 0 Å². The second-order valence-corrected chi connectivity index (χ2v) is 5.57. The van der Waals surface area contributed by atoms with Crippen LogP contribution in [-0.4, -0.2) is 26.0 Å². The molecule has 0 heterocycles. The number of anilines is 1. The van der Waals surface area contributed by atoms with Gasteiger partial charge in [-0.05, 0) is 35.9 Å². The monoisotopic (exact) mass is 367 g/mol. The summed E-state index contributed by atoms with van der Waals surface area (Å²) in [5, 5.41) is 2.83. The number of methoxy groups -OCH3 is 1. The van der Waals surface area contributed by atoms with E-state index in [1.54, 1.807) is 7.11 Å². The first-order chi connectivity index (χ1) is 12.3. The fraction of sp³-hybridized carbons (Fsp3) is 0.278. The maximum Gasteiger partial charge on any atom is 0.573 e. The zero-order chi connectivity index (χ0) is 19.2. The highest BCUT2D eigenvalue weighted by atomic mass is 19.4. The summed E-state index contributed by atoms with van der Waals surface area (Å²) in [4.78, 5) is 4.27. The summed E-state index contributed by atoms with van der Waals surface area (Å²) < 4.78 is 45.5. The quantitative estimate of drug-likeness (QED) is 0.595. The van der Waals surface area contributed by atoms with Crippen LogP contribution in [0.5, 0.6) is 11.5 Å². The fourth-order valence-electron chi connectivity index (χ4n) is 2.33. The molecule has 0 saturated heterocycles. The maximum atomic E-state index is 12.1. The highest BCUT2D eigenvalue weighted by Crippen LogP contribution is 2.26. The molecule has 0 spiro atoms. The molecule has 0 aliphatic rings. The van der Waals surface area contributed by atoms with Crippen molar-refractivity contribution in [3.8, 4) is 11.5 Å². The Morgan fingerprint density at radius 2 is 1.81 bits per heavy atom. The van der Waals surface area contributed by atoms with Gasteiger partial charge in [-0.1, -0.05) is 25.1 Å². The molecule has 0 fully saturated rings. The van der Waals surface area contributed by atoms with Crippen LogP contribution in [0.4, 0.5) is 18.9 Å². The third-order valence-corrected chi connectivity index (χ3v) is 3.57. The molecule has 2 rings (SSSR count). The van der Waals surface area contributed by atoms with Gasteiger partial charge in [0.15, 0.2) is 5.96 Å². The van der Waals surface area contributed by atoms with Crippen LogP contribution in [0.1, 0.15) is 18.4 Å². The predicted octanol–water partition coefficient (Wildman–Crippen LogP) is 4.12. The Balaban J connectivity index is 1.95. The molecule has 0 aliphatic heterocycles. The van der Waals surface area contributed by atoms with Crippen molar-refractivity contribution in [2.45, 2.75) is 19.2 Å². The summed E-state index contributed by atoms with van der Waals surface area (Å²) in [6, 6.07) is 12.9. The van der Waals surface area contributed by atoms with Gasteiger partial charge >= 0.3 is 6.36 Å². The first-order valence-corrected chi connectivity index (χ1v) is 7.84. The van der Waals surface area contributed by atoms with E-state index in [9.17, 15) is 13.2 Å². The van der Waals surface area contributed by atoms with Crippen LogP contribution in [0.25, 0.3) is 0 Å². The molecule has 5 nitrogen and oxygen atoms in total. The van der Waals surface area contributed by atoms with Gasteiger partial charge in [0.05, 0.1) is 7.11 Å². The summed E-state index contributed by atoms with van der Waals surface area (Å²) in [7, 11) is 1.61. The summed E-state index contributed by atoms with van der Waals surface area (Å²) in [6.07, 6.45) is -4.72. The lowest BCUT2D eigenvalue weighted by Gasteiger charge is -2.14. The predicted molar refractivity (Wildman–Crippen MR) is 94.6 cm³/mol. The van der Waals surface area contributed by atoms with E-state index in [0.717, 1.165) is 11.3 Å². The van der Waals surface area contributed by atoms with E-state index in [1.807, 2.05) is 31.2 Å². The molecule has 0 saturated carbocycles. The molecule has 0 bridgehead atoms. The summed E-state index contributed by atoms with van der Waals surface area (Å²) in [5.74, 6) is 0.718. The Labute approximate surface area is 149 Å². The average molecular weight is 367 g/mol. The highest BCUT2D eigenvalue weighted by Gasteiger charge is 2.30. The molecule has 26 heavy (non-hydrogen) atoms. The fourth-order valence-corrected chi connectivity index (χ4v) is 2.33. The summed E-state index contributed by atoms with van der Waals surface area (Å²) in [5.41, 5.74) is 7.36. The van der Waals surface area contributed by atoms with E-state index in [2.05, 4.69) is 15.0 Å². The van der Waals surface area contributed by atoms with Gasteiger partial charge in [-0.2, -0.15) is 0 Å². The first kappa shape index (κ1) is 19.4. The molecule has 0 aromatic heterocycles. The number of nitrogens with one attached hydrogen (secondary N) is 1. The van der Waals surface area contributed by atoms with Gasteiger partial charge in [-0.25, -0.2) is 0 Å². The van der Waals surface area contributed by atoms with Crippen LogP contribution in [-0.2, 0) is 0 Å². The number of halogens is 3. The van der Waals surface area contributed by atoms with E-state index < -0.39 is 6.36 Å². The number of rotatable bonds is 6. The van der Waals surface area contributed by atoms with Crippen LogP contribution in [0.3, 0.4) is 0 Å². The molecule has 1 unspecified atom stereocenters. The molecule has 3 N–H and O–H groups in total. The SMILES string of the molecule is COc1ccccc1C(C)CN=C(N)Nc1ccc(OC(F)(F)F)cc1. The van der Waals surface area contributed by atoms with Gasteiger partial charge in [0.25, 0.3) is 0 Å². The number of para-hydroxylation sites is 1. The van der Waals surface area contributed by atoms with Crippen molar-refractivity contribution < 1.29 is 22.6 Å². The van der Waals surface area contributed by atoms with Gasteiger partial charge in [-0.3, -0.25) is 4.99 Å². The molecule has 2 aromatic rings. The van der Waals surface area contributed by atoms with Crippen molar-refractivity contribution in [2.75, 3.05) is 19.0 Å². The average Bonchev–Trinajstić information content (AvgIpc) is 2.60. The molecular formula is C18H20F3N3O2. The first-order valence-electron chi connectivity index (χ1n) is 7.84. The van der Waals surface area contributed by atoms with Gasteiger partial charge in [-0.15, -0.1) is 13.2 Å². The van der Waals surface area contributed by atoms with Gasteiger partial charge in [0.2, 0.25) is 0 Å². The number of hydrogen-bond donors (Lipinski definition) is 2. The molecule has 8 heteroatoms. The standard InChI is InChI=1S/C18H20F3N3O2/c1-12(15-5-3-4-6-16(15)25-2)11-23-17(22)24-13-7-9-14(10-8-13)26-18(19,20)21/h3-10,12H,11H2,1-2H3,(H3,22,23,24). The molecule has 1 atom stereocenters. The van der Waals surface area contributed by atoms with E-state index >= 15 is 0 Å². The van der Waals surface area contributed by atoms with Crippen LogP contribution < -0.4 is 20.5 Å². The third kappa shape index (κ3) is 5.87. The number of ether oxygens (including phenoxy) is 2. The Kier molecular flexibility index (Phi) is 6.32. The van der Waals surface area contributed by atoms with Crippen LogP contribution in [0.15, 0.2) is 53.5 Å². The van der Waals surface area contributed by atoms with E-state index in [-0.39, 0.29) is 17.6 Å². The Morgan fingerprint density at radius 1 is 1.15 bits per heavy atom. The number of hydrogen-bond acceptors (Lipinski definition) is 3. The summed E-state index contributed by atoms with van der Waals surface area (Å²) in [6.45, 7) is 2.42. The molecule has 2 aromatic carbocycles. The van der Waals surface area contributed by atoms with Crippen molar-refractivity contribution >= 4 is 11.6 Å². The van der Waals surface area contributed by atoms with E-state index in [4.69, 9.17) is 10.5 Å². The van der Waals surface area contributed by atoms with Crippen molar-refractivity contribution in [1.82, 2.24) is 0 Å². The Bertz CT molecular complexity index is 746. The second-order valence-electron chi connectivity index (χ2n) is 5.57. The number of aliphatic imine (C=N–C) groups is 1. The Hall–Kier alpha value is -2.90. The largest absolute Gasteiger partial charge is 0.573 e. The van der Waals surface area contributed by atoms with Crippen LogP contribution in [0, 0.1) is 0 Å². The van der Waals surface area contributed by atoms with E-state index in [1.165, 1.54) is 24.3 Å². The molecule has 0 amide bonds. The topological polar surface area (TPSA) is 68.9 Å². The van der Waals surface area contributed by atoms with Crippen molar-refractivity contribution in [2.24, 2.45) is 10.7 Å². The van der Waals surface area contributed by atoms with Crippen LogP contribution >= 0.6 is 0 Å². The number of alkyl halides is 3. The minimum atomic E-state index is -4.72. The molecule has 0 radical (unpaired) electrons. The normalized spacial score (nSPS) is 13.2. The molecular weight excluding hydrogens is 347 g/mol. The lowest BCUT2D eigenvalue weighted by molar-refractivity contribution is -0.274. The number of nitrogens with zero attached hydrogens (tertiary/aromatic N) is 1. The smallest absolute Gasteiger partial charge is 0.496 e. The van der Waals surface area contributed by atoms with Crippen molar-refractivity contribution in [3.63, 3.8) is 0 Å². The van der Waals surface area contributed by atoms with E-state index in [0.29, 0.717) is 12.2 Å². The van der Waals surface area contributed by atoms with Crippen LogP contribution in [0.2, 0.25) is 0 Å². The summed E-state index contributed by atoms with van der Waals surface area (Å²) >= 11 is 0. The lowest BCUT2D eigenvalue weighted by Crippen LogP contribution is -2.23. The van der Waals surface area contributed by atoms with Gasteiger partial charge < -0.3 is 20.5 Å². The van der Waals surface area contributed by atoms with Gasteiger partial charge in [0, 0.05) is 18.2 Å². The Morgan fingerprint density at radius 3 is 2.42 bits per heavy atom. The highest BCUT2D eigenvalue weighted by molar-refractivity contribution is 5.92. The van der Waals surface area contributed by atoms with Gasteiger partial charge in [0.1, 0.15) is 11.5 Å². The maximum absolute atomic E-state index is 12.1. The number of nitrogens with two attached hydrogens (primary N) is 1. The second kappa shape index (κ2) is 8.46. The molecule has 0 aliphatic carbocycles.